The quantitative estimate of drug-likeness (QED) is 0.649. The van der Waals surface area contributed by atoms with E-state index < -0.39 is 5.97 Å². The van der Waals surface area contributed by atoms with Gasteiger partial charge in [-0.25, -0.2) is 9.37 Å². The molecular weight excluding hydrogens is 421 g/mol. The molecule has 0 radical (unpaired) electrons. The predicted octanol–water partition coefficient (Wildman–Crippen LogP) is 2.00. The number of anilines is 2. The van der Waals surface area contributed by atoms with Gasteiger partial charge in [-0.1, -0.05) is 22.9 Å². The molecule has 5 rings (SSSR count). The molecule has 2 aliphatic heterocycles. The molecule has 0 unspecified atom stereocenters. The van der Waals surface area contributed by atoms with Crippen LogP contribution in [0.15, 0.2) is 24.4 Å². The second kappa shape index (κ2) is 6.63. The summed E-state index contributed by atoms with van der Waals surface area (Å²) in [4.78, 5) is 21.3. The van der Waals surface area contributed by atoms with Crippen LogP contribution in [0.3, 0.4) is 0 Å². The van der Waals surface area contributed by atoms with E-state index in [0.29, 0.717) is 10.8 Å². The molecule has 0 saturated carbocycles. The van der Waals surface area contributed by atoms with Gasteiger partial charge in [0.05, 0.1) is 21.8 Å². The Balaban J connectivity index is 1.20. The van der Waals surface area contributed by atoms with E-state index in [1.54, 1.807) is 12.3 Å². The van der Waals surface area contributed by atoms with Crippen LogP contribution in [0.1, 0.15) is 0 Å². The highest BCUT2D eigenvalue weighted by Gasteiger charge is 2.52. The summed E-state index contributed by atoms with van der Waals surface area (Å²) in [5.74, 6) is -0.992. The first-order valence-electron chi connectivity index (χ1n) is 8.82. The number of hydrogen-bond donors (Lipinski definition) is 1. The molecular formula is C17H15ClFN7O2S. The summed E-state index contributed by atoms with van der Waals surface area (Å²) in [6, 6.07) is 4.49. The van der Waals surface area contributed by atoms with Crippen LogP contribution < -0.4 is 9.80 Å². The minimum atomic E-state index is -1.03. The first-order chi connectivity index (χ1) is 13.9. The number of rotatable bonds is 5. The normalized spacial score (nSPS) is 17.3. The number of hydrogen-bond acceptors (Lipinski definition) is 8. The van der Waals surface area contributed by atoms with E-state index in [1.165, 1.54) is 23.5 Å². The first kappa shape index (κ1) is 18.3. The summed E-state index contributed by atoms with van der Waals surface area (Å²) in [5.41, 5.74) is 1.07. The van der Waals surface area contributed by atoms with Crippen LogP contribution in [-0.4, -0.2) is 62.4 Å². The number of benzene rings is 1. The van der Waals surface area contributed by atoms with Gasteiger partial charge in [0.1, 0.15) is 5.82 Å². The van der Waals surface area contributed by atoms with Crippen LogP contribution in [0.25, 0.3) is 10.7 Å². The van der Waals surface area contributed by atoms with Gasteiger partial charge < -0.3 is 14.9 Å². The molecule has 1 aromatic carbocycles. The van der Waals surface area contributed by atoms with Crippen LogP contribution in [0.2, 0.25) is 5.02 Å². The van der Waals surface area contributed by atoms with Crippen molar-refractivity contribution in [3.63, 3.8) is 0 Å². The Kier molecular flexibility index (Phi) is 4.17. The molecule has 0 aliphatic carbocycles. The standard InChI is InChI=1S/C17H15ClFN7O2S/c18-11-3-10(19)1-2-12(11)24-6-17(7-24)8-25(9-17)16-20-4-13(29-16)15-21-23-26(22-15)5-14(27)28/h1-4H,5-9H2,(H,27,28). The maximum atomic E-state index is 13.2. The van der Waals surface area contributed by atoms with Crippen molar-refractivity contribution < 1.29 is 14.3 Å². The minimum Gasteiger partial charge on any atom is -0.480 e. The fourth-order valence-corrected chi connectivity index (χ4v) is 4.94. The fraction of sp³-hybridized carbons (Fsp3) is 0.353. The second-order valence-corrected chi connectivity index (χ2v) is 8.77. The molecule has 0 amide bonds. The summed E-state index contributed by atoms with van der Waals surface area (Å²) in [5, 5.41) is 21.8. The van der Waals surface area contributed by atoms with Gasteiger partial charge in [-0.3, -0.25) is 4.79 Å². The first-order valence-corrected chi connectivity index (χ1v) is 10.0. The van der Waals surface area contributed by atoms with Gasteiger partial charge in [-0.2, -0.15) is 4.80 Å². The van der Waals surface area contributed by atoms with Crippen LogP contribution in [0, 0.1) is 11.2 Å². The number of halogens is 2. The molecule has 150 valence electrons. The zero-order valence-electron chi connectivity index (χ0n) is 15.0. The highest BCUT2D eigenvalue weighted by atomic mass is 35.5. The van der Waals surface area contributed by atoms with Crippen molar-refractivity contribution in [1.82, 2.24) is 25.2 Å². The minimum absolute atomic E-state index is 0.201. The summed E-state index contributed by atoms with van der Waals surface area (Å²) in [6.45, 7) is 3.18. The average Bonchev–Trinajstić information content (AvgIpc) is 3.22. The van der Waals surface area contributed by atoms with E-state index in [9.17, 15) is 9.18 Å². The van der Waals surface area contributed by atoms with E-state index in [1.807, 2.05) is 0 Å². The second-order valence-electron chi connectivity index (χ2n) is 7.35. The number of aromatic nitrogens is 5. The highest BCUT2D eigenvalue weighted by Crippen LogP contribution is 2.46. The summed E-state index contributed by atoms with van der Waals surface area (Å²) in [6.07, 6.45) is 1.68. The van der Waals surface area contributed by atoms with E-state index in [2.05, 4.69) is 30.2 Å². The Bertz CT molecular complexity index is 1090. The third-order valence-electron chi connectivity index (χ3n) is 5.07. The van der Waals surface area contributed by atoms with E-state index in [-0.39, 0.29) is 17.8 Å². The maximum absolute atomic E-state index is 13.2. The van der Waals surface area contributed by atoms with Crippen molar-refractivity contribution in [2.24, 2.45) is 5.41 Å². The Morgan fingerprint density at radius 2 is 2.03 bits per heavy atom. The fourth-order valence-electron chi connectivity index (χ4n) is 3.81. The van der Waals surface area contributed by atoms with Gasteiger partial charge in [-0.15, -0.1) is 10.2 Å². The lowest BCUT2D eigenvalue weighted by Gasteiger charge is -2.61. The summed E-state index contributed by atoms with van der Waals surface area (Å²) >= 11 is 7.61. The van der Waals surface area contributed by atoms with Gasteiger partial charge in [0.2, 0.25) is 5.82 Å². The Hall–Kier alpha value is -2.79. The zero-order valence-corrected chi connectivity index (χ0v) is 16.6. The Morgan fingerprint density at radius 3 is 2.76 bits per heavy atom. The van der Waals surface area contributed by atoms with Gasteiger partial charge in [0, 0.05) is 31.6 Å². The molecule has 0 atom stereocenters. The topological polar surface area (TPSA) is 100 Å². The number of carboxylic acid groups (broad SMARTS) is 1. The van der Waals surface area contributed by atoms with Gasteiger partial charge in [-0.05, 0) is 23.4 Å². The maximum Gasteiger partial charge on any atom is 0.327 e. The molecule has 4 heterocycles. The van der Waals surface area contributed by atoms with Crippen molar-refractivity contribution in [2.75, 3.05) is 36.0 Å². The molecule has 3 aromatic rings. The molecule has 12 heteroatoms. The van der Waals surface area contributed by atoms with Crippen LogP contribution >= 0.6 is 22.9 Å². The van der Waals surface area contributed by atoms with Crippen molar-refractivity contribution in [3.05, 3.63) is 35.2 Å². The molecule has 1 N–H and O–H groups in total. The average molecular weight is 436 g/mol. The monoisotopic (exact) mass is 435 g/mol. The van der Waals surface area contributed by atoms with Gasteiger partial charge >= 0.3 is 5.97 Å². The van der Waals surface area contributed by atoms with Crippen molar-refractivity contribution in [2.45, 2.75) is 6.54 Å². The smallest absolute Gasteiger partial charge is 0.327 e. The van der Waals surface area contributed by atoms with Gasteiger partial charge in [0.25, 0.3) is 0 Å². The third kappa shape index (κ3) is 3.29. The van der Waals surface area contributed by atoms with Crippen LogP contribution in [-0.2, 0) is 11.3 Å². The number of carbonyl (C=O) groups is 1. The molecule has 2 fully saturated rings. The highest BCUT2D eigenvalue weighted by molar-refractivity contribution is 7.18. The van der Waals surface area contributed by atoms with E-state index >= 15 is 0 Å². The van der Waals surface area contributed by atoms with E-state index in [0.717, 1.165) is 46.7 Å². The predicted molar refractivity (Wildman–Crippen MR) is 105 cm³/mol. The van der Waals surface area contributed by atoms with Crippen molar-refractivity contribution in [3.8, 4) is 10.7 Å². The lowest BCUT2D eigenvalue weighted by molar-refractivity contribution is -0.138. The summed E-state index contributed by atoms with van der Waals surface area (Å²) < 4.78 is 13.2. The number of thiazole rings is 1. The van der Waals surface area contributed by atoms with Crippen molar-refractivity contribution >= 4 is 39.7 Å². The van der Waals surface area contributed by atoms with Gasteiger partial charge in [0.15, 0.2) is 11.7 Å². The number of nitrogens with zero attached hydrogens (tertiary/aromatic N) is 7. The summed E-state index contributed by atoms with van der Waals surface area (Å²) in [7, 11) is 0. The Morgan fingerprint density at radius 1 is 1.28 bits per heavy atom. The Labute approximate surface area is 173 Å². The molecule has 29 heavy (non-hydrogen) atoms. The molecule has 2 aliphatic rings. The number of tetrazole rings is 1. The van der Waals surface area contributed by atoms with E-state index in [4.69, 9.17) is 16.7 Å². The molecule has 1 spiro atoms. The molecule has 2 saturated heterocycles. The van der Waals surface area contributed by atoms with Crippen molar-refractivity contribution in [1.29, 1.82) is 0 Å². The third-order valence-corrected chi connectivity index (χ3v) is 6.43. The lowest BCUT2D eigenvalue weighted by atomic mass is 9.73. The number of carboxylic acids is 1. The largest absolute Gasteiger partial charge is 0.480 e. The molecule has 2 aromatic heterocycles. The number of aliphatic carboxylic acids is 1. The molecule has 9 nitrogen and oxygen atoms in total. The SMILES string of the molecule is O=C(O)Cn1nnc(-c2cnc(N3CC4(C3)CN(c3ccc(F)cc3Cl)C4)s2)n1. The zero-order chi connectivity index (χ0) is 20.2. The van der Waals surface area contributed by atoms with Crippen LogP contribution in [0.4, 0.5) is 15.2 Å². The lowest BCUT2D eigenvalue weighted by Crippen LogP contribution is -2.72. The molecule has 0 bridgehead atoms. The van der Waals surface area contributed by atoms with Crippen LogP contribution in [0.5, 0.6) is 0 Å².